The molecule has 2 fully saturated rings. The molecule has 0 aromatic carbocycles. The number of nitrogens with zero attached hydrogens (tertiary/aromatic N) is 2. The van der Waals surface area contributed by atoms with Crippen molar-refractivity contribution in [1.29, 1.82) is 0 Å². The first kappa shape index (κ1) is 11.7. The minimum absolute atomic E-state index is 0.491. The van der Waals surface area contributed by atoms with Crippen LogP contribution in [0.25, 0.3) is 0 Å². The zero-order valence-electron chi connectivity index (χ0n) is 10.7. The van der Waals surface area contributed by atoms with Gasteiger partial charge in [-0.05, 0) is 38.6 Å². The standard InChI is InChI=1S/C13H21N5/c1-3-10(4-1)17-12-7-13(16-9-15-12)18-11-5-2-6-14-8-11/h7,9-11,14H,1-6,8H2,(H2,15,16,17,18). The van der Waals surface area contributed by atoms with Gasteiger partial charge in [-0.1, -0.05) is 0 Å². The highest BCUT2D eigenvalue weighted by atomic mass is 15.1. The minimum atomic E-state index is 0.491. The van der Waals surface area contributed by atoms with Gasteiger partial charge in [0, 0.05) is 24.7 Å². The molecule has 1 aliphatic heterocycles. The van der Waals surface area contributed by atoms with Gasteiger partial charge >= 0.3 is 0 Å². The Morgan fingerprint density at radius 2 is 1.72 bits per heavy atom. The summed E-state index contributed by atoms with van der Waals surface area (Å²) >= 11 is 0. The van der Waals surface area contributed by atoms with Crippen LogP contribution in [0.15, 0.2) is 12.4 Å². The van der Waals surface area contributed by atoms with Crippen LogP contribution in [0.4, 0.5) is 11.6 Å². The van der Waals surface area contributed by atoms with Crippen molar-refractivity contribution in [2.75, 3.05) is 23.7 Å². The van der Waals surface area contributed by atoms with E-state index in [1.165, 1.54) is 32.1 Å². The van der Waals surface area contributed by atoms with Crippen LogP contribution in [-0.4, -0.2) is 35.1 Å². The first-order valence-electron chi connectivity index (χ1n) is 6.96. The van der Waals surface area contributed by atoms with Crippen LogP contribution in [0, 0.1) is 0 Å². The molecule has 3 rings (SSSR count). The molecule has 1 atom stereocenters. The first-order chi connectivity index (χ1) is 8.90. The molecule has 1 aromatic rings. The van der Waals surface area contributed by atoms with Gasteiger partial charge in [-0.2, -0.15) is 0 Å². The third-order valence-corrected chi connectivity index (χ3v) is 3.77. The summed E-state index contributed by atoms with van der Waals surface area (Å²) in [4.78, 5) is 8.57. The number of nitrogens with one attached hydrogen (secondary N) is 3. The molecule has 5 nitrogen and oxygen atoms in total. The van der Waals surface area contributed by atoms with E-state index in [4.69, 9.17) is 0 Å². The van der Waals surface area contributed by atoms with Crippen molar-refractivity contribution in [2.45, 2.75) is 44.2 Å². The van der Waals surface area contributed by atoms with Gasteiger partial charge in [-0.3, -0.25) is 0 Å². The normalized spacial score (nSPS) is 24.3. The second kappa shape index (κ2) is 5.52. The highest BCUT2D eigenvalue weighted by Crippen LogP contribution is 2.23. The zero-order chi connectivity index (χ0) is 12.2. The monoisotopic (exact) mass is 247 g/mol. The van der Waals surface area contributed by atoms with Crippen LogP contribution in [0.5, 0.6) is 0 Å². The fraction of sp³-hybridized carbons (Fsp3) is 0.692. The lowest BCUT2D eigenvalue weighted by Crippen LogP contribution is -2.38. The van der Waals surface area contributed by atoms with E-state index in [9.17, 15) is 0 Å². The van der Waals surface area contributed by atoms with Crippen molar-refractivity contribution in [3.63, 3.8) is 0 Å². The molecule has 0 amide bonds. The molecular weight excluding hydrogens is 226 g/mol. The second-order valence-electron chi connectivity index (χ2n) is 5.25. The molecule has 0 radical (unpaired) electrons. The summed E-state index contributed by atoms with van der Waals surface area (Å²) in [5, 5.41) is 10.3. The Hall–Kier alpha value is -1.36. The van der Waals surface area contributed by atoms with Crippen molar-refractivity contribution in [3.05, 3.63) is 12.4 Å². The fourth-order valence-electron chi connectivity index (χ4n) is 2.46. The van der Waals surface area contributed by atoms with Gasteiger partial charge in [0.15, 0.2) is 0 Å². The lowest BCUT2D eigenvalue weighted by molar-refractivity contribution is 0.444. The molecule has 1 unspecified atom stereocenters. The van der Waals surface area contributed by atoms with E-state index in [-0.39, 0.29) is 0 Å². The average Bonchev–Trinajstić information content (AvgIpc) is 2.36. The summed E-state index contributed by atoms with van der Waals surface area (Å²) in [7, 11) is 0. The van der Waals surface area contributed by atoms with E-state index >= 15 is 0 Å². The van der Waals surface area contributed by atoms with E-state index < -0.39 is 0 Å². The predicted molar refractivity (Wildman–Crippen MR) is 72.8 cm³/mol. The number of hydrogen-bond donors (Lipinski definition) is 3. The maximum absolute atomic E-state index is 4.29. The molecule has 1 aromatic heterocycles. The topological polar surface area (TPSA) is 61.9 Å². The third kappa shape index (κ3) is 2.90. The van der Waals surface area contributed by atoms with Crippen LogP contribution >= 0.6 is 0 Å². The van der Waals surface area contributed by atoms with Gasteiger partial charge in [0.25, 0.3) is 0 Å². The Labute approximate surface area is 108 Å². The molecule has 0 spiro atoms. The fourth-order valence-corrected chi connectivity index (χ4v) is 2.46. The van der Waals surface area contributed by atoms with Crippen molar-refractivity contribution < 1.29 is 0 Å². The van der Waals surface area contributed by atoms with Crippen LogP contribution in [-0.2, 0) is 0 Å². The molecule has 0 bridgehead atoms. The Morgan fingerprint density at radius 1 is 1.00 bits per heavy atom. The molecule has 2 heterocycles. The van der Waals surface area contributed by atoms with Crippen molar-refractivity contribution >= 4 is 11.6 Å². The van der Waals surface area contributed by atoms with E-state index in [2.05, 4.69) is 25.9 Å². The van der Waals surface area contributed by atoms with Gasteiger partial charge in [0.2, 0.25) is 0 Å². The van der Waals surface area contributed by atoms with Gasteiger partial charge in [-0.25, -0.2) is 9.97 Å². The molecule has 98 valence electrons. The predicted octanol–water partition coefficient (Wildman–Crippen LogP) is 1.60. The van der Waals surface area contributed by atoms with E-state index in [1.54, 1.807) is 6.33 Å². The van der Waals surface area contributed by atoms with Crippen LogP contribution in [0.1, 0.15) is 32.1 Å². The summed E-state index contributed by atoms with van der Waals surface area (Å²) in [6.45, 7) is 2.16. The zero-order valence-corrected chi connectivity index (χ0v) is 10.7. The number of aromatic nitrogens is 2. The number of rotatable bonds is 4. The highest BCUT2D eigenvalue weighted by molar-refractivity contribution is 5.47. The SMILES string of the molecule is c1nc(NC2CCC2)cc(NC2CCCNC2)n1. The van der Waals surface area contributed by atoms with E-state index in [0.717, 1.165) is 24.7 Å². The second-order valence-corrected chi connectivity index (χ2v) is 5.25. The van der Waals surface area contributed by atoms with Gasteiger partial charge in [0.1, 0.15) is 18.0 Å². The minimum Gasteiger partial charge on any atom is -0.367 e. The molecule has 3 N–H and O–H groups in total. The molecular formula is C13H21N5. The molecule has 18 heavy (non-hydrogen) atoms. The first-order valence-corrected chi connectivity index (χ1v) is 6.96. The van der Waals surface area contributed by atoms with Crippen molar-refractivity contribution in [1.82, 2.24) is 15.3 Å². The molecule has 5 heteroatoms. The summed E-state index contributed by atoms with van der Waals surface area (Å²) in [5.41, 5.74) is 0. The largest absolute Gasteiger partial charge is 0.367 e. The average molecular weight is 247 g/mol. The van der Waals surface area contributed by atoms with Gasteiger partial charge in [-0.15, -0.1) is 0 Å². The molecule has 1 aliphatic carbocycles. The van der Waals surface area contributed by atoms with Crippen LogP contribution in [0.2, 0.25) is 0 Å². The maximum atomic E-state index is 4.29. The van der Waals surface area contributed by atoms with Crippen LogP contribution in [0.3, 0.4) is 0 Å². The summed E-state index contributed by atoms with van der Waals surface area (Å²) < 4.78 is 0. The Kier molecular flexibility index (Phi) is 3.59. The molecule has 2 aliphatic rings. The highest BCUT2D eigenvalue weighted by Gasteiger charge is 2.18. The molecule has 1 saturated carbocycles. The van der Waals surface area contributed by atoms with E-state index in [0.29, 0.717) is 12.1 Å². The van der Waals surface area contributed by atoms with E-state index in [1.807, 2.05) is 6.07 Å². The Balaban J connectivity index is 1.58. The summed E-state index contributed by atoms with van der Waals surface area (Å²) in [6, 6.07) is 3.13. The Bertz CT molecular complexity index is 385. The summed E-state index contributed by atoms with van der Waals surface area (Å²) in [5.74, 6) is 1.88. The third-order valence-electron chi connectivity index (χ3n) is 3.77. The lowest BCUT2D eigenvalue weighted by atomic mass is 9.93. The molecule has 1 saturated heterocycles. The van der Waals surface area contributed by atoms with Gasteiger partial charge in [0.05, 0.1) is 0 Å². The quantitative estimate of drug-likeness (QED) is 0.754. The number of anilines is 2. The lowest BCUT2D eigenvalue weighted by Gasteiger charge is -2.27. The van der Waals surface area contributed by atoms with Gasteiger partial charge < -0.3 is 16.0 Å². The smallest absolute Gasteiger partial charge is 0.131 e. The summed E-state index contributed by atoms with van der Waals surface area (Å²) in [6.07, 6.45) is 7.94. The maximum Gasteiger partial charge on any atom is 0.131 e. The number of piperidine rings is 1. The van der Waals surface area contributed by atoms with Crippen molar-refractivity contribution in [2.24, 2.45) is 0 Å². The van der Waals surface area contributed by atoms with Crippen LogP contribution < -0.4 is 16.0 Å². The van der Waals surface area contributed by atoms with Crippen molar-refractivity contribution in [3.8, 4) is 0 Å². The Morgan fingerprint density at radius 3 is 2.33 bits per heavy atom. The number of hydrogen-bond acceptors (Lipinski definition) is 5.